The number of nitrogens with zero attached hydrogens (tertiary/aromatic N) is 1. The van der Waals surface area contributed by atoms with Crippen molar-refractivity contribution in [3.05, 3.63) is 66.8 Å². The highest BCUT2D eigenvalue weighted by atomic mass is 16.2. The Morgan fingerprint density at radius 2 is 1.73 bits per heavy atom. The highest BCUT2D eigenvalue weighted by Crippen LogP contribution is 2.28. The van der Waals surface area contributed by atoms with E-state index >= 15 is 0 Å². The first-order chi connectivity index (χ1) is 10.6. The van der Waals surface area contributed by atoms with Crippen molar-refractivity contribution in [3.8, 4) is 0 Å². The summed E-state index contributed by atoms with van der Waals surface area (Å²) in [6, 6.07) is 6.99. The molecule has 0 saturated carbocycles. The van der Waals surface area contributed by atoms with Crippen LogP contribution in [0.15, 0.2) is 61.2 Å². The fraction of sp³-hybridized carbons (Fsp3) is 0.263. The van der Waals surface area contributed by atoms with Gasteiger partial charge in [-0.3, -0.25) is 9.59 Å². The molecule has 1 amide bonds. The largest absolute Gasteiger partial charge is 0.300 e. The van der Waals surface area contributed by atoms with E-state index < -0.39 is 11.7 Å². The van der Waals surface area contributed by atoms with Gasteiger partial charge >= 0.3 is 0 Å². The molecule has 2 rings (SSSR count). The third-order valence-corrected chi connectivity index (χ3v) is 2.71. The summed E-state index contributed by atoms with van der Waals surface area (Å²) in [7, 11) is 0. The zero-order valence-corrected chi connectivity index (χ0v) is 13.9. The van der Waals surface area contributed by atoms with Crippen molar-refractivity contribution >= 4 is 17.4 Å². The molecule has 1 aromatic rings. The van der Waals surface area contributed by atoms with Crippen LogP contribution in [0.3, 0.4) is 0 Å². The number of ketones is 1. The molecule has 0 saturated heterocycles. The number of benzene rings is 1. The highest BCUT2D eigenvalue weighted by molar-refractivity contribution is 6.52. The van der Waals surface area contributed by atoms with Crippen LogP contribution < -0.4 is 4.90 Å². The normalized spacial score (nSPS) is 12.1. The Morgan fingerprint density at radius 1 is 1.14 bits per heavy atom. The molecule has 3 nitrogen and oxygen atoms in total. The number of allylic oxidation sites excluding steroid dienone is 2. The number of para-hydroxylation sites is 1. The fourth-order valence-electron chi connectivity index (χ4n) is 1.87. The molecule has 1 aliphatic heterocycles. The van der Waals surface area contributed by atoms with Gasteiger partial charge in [0, 0.05) is 0 Å². The molecule has 0 unspecified atom stereocenters. The van der Waals surface area contributed by atoms with E-state index in [1.165, 1.54) is 4.90 Å². The number of anilines is 1. The third-order valence-electron chi connectivity index (χ3n) is 2.71. The van der Waals surface area contributed by atoms with E-state index in [2.05, 4.69) is 13.2 Å². The van der Waals surface area contributed by atoms with E-state index in [4.69, 9.17) is 0 Å². The number of hydrogen-bond donors (Lipinski definition) is 0. The molecule has 3 heteroatoms. The van der Waals surface area contributed by atoms with Crippen LogP contribution in [-0.4, -0.2) is 18.2 Å². The number of amides is 1. The lowest BCUT2D eigenvalue weighted by Gasteiger charge is -2.16. The Balaban J connectivity index is 0.00000102. The summed E-state index contributed by atoms with van der Waals surface area (Å²) in [5, 5.41) is 0. The van der Waals surface area contributed by atoms with Gasteiger partial charge in [0.1, 0.15) is 0 Å². The summed E-state index contributed by atoms with van der Waals surface area (Å²) >= 11 is 0. The molecule has 118 valence electrons. The quantitative estimate of drug-likeness (QED) is 0.603. The Morgan fingerprint density at radius 3 is 2.32 bits per heavy atom. The van der Waals surface area contributed by atoms with Gasteiger partial charge in [0.25, 0.3) is 11.7 Å². The standard InChI is InChI=1S/C15H13NO2.2C2H6/c1-3-4-7-11(2)10-16-13-9-6-5-8-12(13)14(17)15(16)18;2*1-2/h3-9H,1-2,10H2;2*1-2H3/b7-4-;;. The first-order valence-corrected chi connectivity index (χ1v) is 7.57. The van der Waals surface area contributed by atoms with Crippen molar-refractivity contribution in [2.24, 2.45) is 0 Å². The molecule has 0 atom stereocenters. The molecular weight excluding hydrogens is 274 g/mol. The van der Waals surface area contributed by atoms with Crippen LogP contribution in [0.1, 0.15) is 38.1 Å². The minimum atomic E-state index is -0.496. The van der Waals surface area contributed by atoms with Gasteiger partial charge in [-0.05, 0) is 17.7 Å². The number of fused-ring (bicyclic) bond motifs is 1. The third kappa shape index (κ3) is 4.55. The number of Topliss-reactive ketones (excluding diaryl/α,β-unsaturated/α-hetero) is 1. The van der Waals surface area contributed by atoms with Gasteiger partial charge in [-0.1, -0.05) is 71.2 Å². The lowest BCUT2D eigenvalue weighted by molar-refractivity contribution is -0.114. The minimum absolute atomic E-state index is 0.311. The monoisotopic (exact) mass is 299 g/mol. The topological polar surface area (TPSA) is 37.4 Å². The van der Waals surface area contributed by atoms with Gasteiger partial charge in [-0.2, -0.15) is 0 Å². The lowest BCUT2D eigenvalue weighted by Crippen LogP contribution is -2.31. The summed E-state index contributed by atoms with van der Waals surface area (Å²) in [6.45, 7) is 15.7. The summed E-state index contributed by atoms with van der Waals surface area (Å²) in [6.07, 6.45) is 5.15. The summed E-state index contributed by atoms with van der Waals surface area (Å²) in [5.74, 6) is -0.949. The first kappa shape index (κ1) is 19.6. The van der Waals surface area contributed by atoms with Crippen LogP contribution in [0.2, 0.25) is 0 Å². The molecule has 0 spiro atoms. The van der Waals surface area contributed by atoms with E-state index in [9.17, 15) is 9.59 Å². The van der Waals surface area contributed by atoms with Crippen LogP contribution in [0, 0.1) is 0 Å². The van der Waals surface area contributed by atoms with Crippen molar-refractivity contribution < 1.29 is 9.59 Å². The maximum absolute atomic E-state index is 11.9. The molecule has 1 heterocycles. The number of hydrogen-bond acceptors (Lipinski definition) is 2. The Kier molecular flexibility index (Phi) is 9.19. The van der Waals surface area contributed by atoms with Crippen LogP contribution in [-0.2, 0) is 4.79 Å². The minimum Gasteiger partial charge on any atom is -0.300 e. The molecule has 0 aliphatic carbocycles. The second-order valence-electron chi connectivity index (χ2n) is 3.99. The van der Waals surface area contributed by atoms with Crippen molar-refractivity contribution in [3.63, 3.8) is 0 Å². The molecule has 0 N–H and O–H groups in total. The first-order valence-electron chi connectivity index (χ1n) is 7.57. The van der Waals surface area contributed by atoms with E-state index in [0.717, 1.165) is 5.57 Å². The number of rotatable bonds is 4. The Labute approximate surface area is 133 Å². The van der Waals surface area contributed by atoms with Crippen molar-refractivity contribution in [2.45, 2.75) is 27.7 Å². The van der Waals surface area contributed by atoms with Gasteiger partial charge in [0.2, 0.25) is 0 Å². The molecule has 22 heavy (non-hydrogen) atoms. The van der Waals surface area contributed by atoms with Crippen LogP contribution in [0.25, 0.3) is 0 Å². The number of carbonyl (C=O) groups excluding carboxylic acids is 2. The summed E-state index contributed by atoms with van der Waals surface area (Å²) < 4.78 is 0. The second kappa shape index (κ2) is 10.3. The van der Waals surface area contributed by atoms with E-state index in [1.807, 2.05) is 27.7 Å². The highest BCUT2D eigenvalue weighted by Gasteiger charge is 2.35. The SMILES string of the molecule is C=C/C=C\C(=C)CN1C(=O)C(=O)c2ccccc21.CC.CC. The average Bonchev–Trinajstić information content (AvgIpc) is 2.82. The van der Waals surface area contributed by atoms with Crippen molar-refractivity contribution in [2.75, 3.05) is 11.4 Å². The molecule has 0 bridgehead atoms. The second-order valence-corrected chi connectivity index (χ2v) is 3.99. The van der Waals surface area contributed by atoms with Gasteiger partial charge < -0.3 is 4.90 Å². The smallest absolute Gasteiger partial charge is 0.299 e. The van der Waals surface area contributed by atoms with E-state index in [1.54, 1.807) is 42.5 Å². The zero-order valence-electron chi connectivity index (χ0n) is 13.9. The zero-order chi connectivity index (χ0) is 17.1. The summed E-state index contributed by atoms with van der Waals surface area (Å²) in [5.41, 5.74) is 1.86. The maximum Gasteiger partial charge on any atom is 0.299 e. The van der Waals surface area contributed by atoms with Crippen LogP contribution in [0.5, 0.6) is 0 Å². The predicted molar refractivity (Wildman–Crippen MR) is 94.3 cm³/mol. The lowest BCUT2D eigenvalue weighted by atomic mass is 10.1. The fourth-order valence-corrected chi connectivity index (χ4v) is 1.87. The van der Waals surface area contributed by atoms with E-state index in [-0.39, 0.29) is 0 Å². The molecule has 0 aromatic heterocycles. The van der Waals surface area contributed by atoms with Gasteiger partial charge in [-0.25, -0.2) is 0 Å². The van der Waals surface area contributed by atoms with Crippen molar-refractivity contribution in [1.29, 1.82) is 0 Å². The Bertz CT molecular complexity index is 571. The molecule has 0 radical (unpaired) electrons. The predicted octanol–water partition coefficient (Wildman–Crippen LogP) is 4.57. The summed E-state index contributed by atoms with van der Waals surface area (Å²) in [4.78, 5) is 25.1. The molecule has 1 aromatic carbocycles. The average molecular weight is 299 g/mol. The van der Waals surface area contributed by atoms with Gasteiger partial charge in [0.15, 0.2) is 0 Å². The number of carbonyl (C=O) groups is 2. The Hall–Kier alpha value is -2.42. The van der Waals surface area contributed by atoms with Crippen LogP contribution >= 0.6 is 0 Å². The van der Waals surface area contributed by atoms with Crippen LogP contribution in [0.4, 0.5) is 5.69 Å². The molecule has 1 aliphatic rings. The molecule has 0 fully saturated rings. The van der Waals surface area contributed by atoms with Gasteiger partial charge in [0.05, 0.1) is 17.8 Å². The maximum atomic E-state index is 11.9. The van der Waals surface area contributed by atoms with E-state index in [0.29, 0.717) is 17.8 Å². The van der Waals surface area contributed by atoms with Gasteiger partial charge in [-0.15, -0.1) is 0 Å². The van der Waals surface area contributed by atoms with Crippen molar-refractivity contribution in [1.82, 2.24) is 0 Å². The molecular formula is C19H25NO2.